The van der Waals surface area contributed by atoms with Gasteiger partial charge >= 0.3 is 23.9 Å². The number of methoxy groups -OCH3 is 2. The van der Waals surface area contributed by atoms with E-state index in [0.717, 1.165) is 36.5 Å². The van der Waals surface area contributed by atoms with Crippen LogP contribution in [0.25, 0.3) is 16.8 Å². The maximum Gasteiger partial charge on any atom is 0.343 e. The van der Waals surface area contributed by atoms with Crippen LogP contribution in [-0.2, 0) is 19.1 Å². The molecule has 0 aliphatic rings. The molecule has 0 saturated heterocycles. The van der Waals surface area contributed by atoms with Gasteiger partial charge in [0, 0.05) is 17.2 Å². The van der Waals surface area contributed by atoms with Crippen LogP contribution < -0.4 is 18.9 Å². The van der Waals surface area contributed by atoms with Gasteiger partial charge < -0.3 is 28.4 Å². The fourth-order valence-corrected chi connectivity index (χ4v) is 4.66. The van der Waals surface area contributed by atoms with Crippen molar-refractivity contribution >= 4 is 40.7 Å². The number of carbonyl (C=O) groups is 4. The Morgan fingerprint density at radius 3 is 2.12 bits per heavy atom. The summed E-state index contributed by atoms with van der Waals surface area (Å²) < 4.78 is 32.7. The SMILES string of the molecule is C=C(C)C(=O)OCCCCCCOc1ccc2cc(C(=O)Oc3ccc(C=CC(=O)OC)c(OC(=O)c4ccccc4)c3OC)ccc2c1. The lowest BCUT2D eigenvalue weighted by molar-refractivity contribution is -0.139. The fourth-order valence-electron chi connectivity index (χ4n) is 4.66. The minimum absolute atomic E-state index is 0.00954. The number of hydrogen-bond acceptors (Lipinski definition) is 10. The molecule has 0 unspecified atom stereocenters. The van der Waals surface area contributed by atoms with Gasteiger partial charge in [-0.3, -0.25) is 0 Å². The molecule has 4 aromatic carbocycles. The molecule has 4 aromatic rings. The molecule has 0 fully saturated rings. The van der Waals surface area contributed by atoms with Gasteiger partial charge in [-0.05, 0) is 98.0 Å². The fraction of sp³-hybridized carbons (Fsp3) is 0.231. The molecule has 0 bridgehead atoms. The Kier molecular flexibility index (Phi) is 13.1. The molecule has 0 radical (unpaired) electrons. The second kappa shape index (κ2) is 17.9. The summed E-state index contributed by atoms with van der Waals surface area (Å²) in [5, 5.41) is 1.68. The maximum absolute atomic E-state index is 13.3. The summed E-state index contributed by atoms with van der Waals surface area (Å²) in [6, 6.07) is 22.1. The number of fused-ring (bicyclic) bond motifs is 1. The highest BCUT2D eigenvalue weighted by atomic mass is 16.6. The molecule has 0 aromatic heterocycles. The van der Waals surface area contributed by atoms with Crippen molar-refractivity contribution in [3.8, 4) is 23.0 Å². The number of unbranched alkanes of at least 4 members (excludes halogenated alkanes) is 3. The first-order chi connectivity index (χ1) is 23.7. The molecule has 0 aliphatic carbocycles. The van der Waals surface area contributed by atoms with Crippen LogP contribution in [0.2, 0.25) is 0 Å². The highest BCUT2D eigenvalue weighted by molar-refractivity contribution is 5.97. The summed E-state index contributed by atoms with van der Waals surface area (Å²) in [6.45, 7) is 6.12. The number of ether oxygens (including phenoxy) is 6. The smallest absolute Gasteiger partial charge is 0.343 e. The first kappa shape index (κ1) is 35.9. The molecule has 254 valence electrons. The second-order valence-electron chi connectivity index (χ2n) is 10.9. The molecule has 10 heteroatoms. The van der Waals surface area contributed by atoms with E-state index in [0.29, 0.717) is 30.1 Å². The van der Waals surface area contributed by atoms with E-state index < -0.39 is 17.9 Å². The molecule has 0 saturated carbocycles. The summed E-state index contributed by atoms with van der Waals surface area (Å²) in [4.78, 5) is 49.4. The zero-order chi connectivity index (χ0) is 35.2. The third-order valence-electron chi connectivity index (χ3n) is 7.25. The Morgan fingerprint density at radius 1 is 0.714 bits per heavy atom. The molecule has 4 rings (SSSR count). The third kappa shape index (κ3) is 10.3. The van der Waals surface area contributed by atoms with Crippen molar-refractivity contribution in [3.63, 3.8) is 0 Å². The molecule has 0 heterocycles. The predicted octanol–water partition coefficient (Wildman–Crippen LogP) is 7.53. The highest BCUT2D eigenvalue weighted by Crippen LogP contribution is 2.41. The van der Waals surface area contributed by atoms with E-state index >= 15 is 0 Å². The van der Waals surface area contributed by atoms with Crippen LogP contribution >= 0.6 is 0 Å². The van der Waals surface area contributed by atoms with Crippen LogP contribution in [-0.4, -0.2) is 51.3 Å². The van der Waals surface area contributed by atoms with Gasteiger partial charge in [-0.2, -0.15) is 0 Å². The molecule has 49 heavy (non-hydrogen) atoms. The lowest BCUT2D eigenvalue weighted by Gasteiger charge is -2.16. The molecule has 0 atom stereocenters. The molecule has 0 aliphatic heterocycles. The molecular formula is C39H38O10. The zero-order valence-corrected chi connectivity index (χ0v) is 27.7. The van der Waals surface area contributed by atoms with Gasteiger partial charge in [0.2, 0.25) is 5.75 Å². The van der Waals surface area contributed by atoms with Gasteiger partial charge in [-0.15, -0.1) is 0 Å². The number of esters is 4. The van der Waals surface area contributed by atoms with E-state index in [9.17, 15) is 19.2 Å². The molecule has 0 spiro atoms. The Bertz CT molecular complexity index is 1840. The minimum Gasteiger partial charge on any atom is -0.494 e. The van der Waals surface area contributed by atoms with E-state index in [4.69, 9.17) is 23.7 Å². The minimum atomic E-state index is -0.674. The monoisotopic (exact) mass is 666 g/mol. The van der Waals surface area contributed by atoms with Crippen molar-refractivity contribution in [2.75, 3.05) is 27.4 Å². The van der Waals surface area contributed by atoms with E-state index in [1.807, 2.05) is 18.2 Å². The molecule has 0 amide bonds. The molecule has 0 N–H and O–H groups in total. The quantitative estimate of drug-likeness (QED) is 0.0513. The van der Waals surface area contributed by atoms with E-state index in [2.05, 4.69) is 11.3 Å². The van der Waals surface area contributed by atoms with Gasteiger partial charge in [0.1, 0.15) is 5.75 Å². The Hall–Kier alpha value is -5.90. The number of carbonyl (C=O) groups excluding carboxylic acids is 4. The second-order valence-corrected chi connectivity index (χ2v) is 10.9. The van der Waals surface area contributed by atoms with Crippen LogP contribution in [0.15, 0.2) is 97.1 Å². The zero-order valence-electron chi connectivity index (χ0n) is 27.7. The maximum atomic E-state index is 13.3. The topological polar surface area (TPSA) is 124 Å². The Labute approximate surface area is 284 Å². The lowest BCUT2D eigenvalue weighted by atomic mass is 10.1. The van der Waals surface area contributed by atoms with Crippen molar-refractivity contribution in [1.82, 2.24) is 0 Å². The summed E-state index contributed by atoms with van der Waals surface area (Å²) >= 11 is 0. The first-order valence-corrected chi connectivity index (χ1v) is 15.7. The summed E-state index contributed by atoms with van der Waals surface area (Å²) in [5.41, 5.74) is 1.29. The number of hydrogen-bond donors (Lipinski definition) is 0. The van der Waals surface area contributed by atoms with Crippen molar-refractivity contribution in [2.45, 2.75) is 32.6 Å². The Balaban J connectivity index is 1.42. The number of benzene rings is 4. The van der Waals surface area contributed by atoms with Gasteiger partial charge in [-0.1, -0.05) is 36.9 Å². The van der Waals surface area contributed by atoms with Crippen molar-refractivity contribution in [2.24, 2.45) is 0 Å². The summed E-state index contributed by atoms with van der Waals surface area (Å²) in [7, 11) is 2.59. The van der Waals surface area contributed by atoms with Gasteiger partial charge in [0.25, 0.3) is 0 Å². The van der Waals surface area contributed by atoms with Crippen molar-refractivity contribution in [3.05, 3.63) is 114 Å². The summed E-state index contributed by atoms with van der Waals surface area (Å²) in [5.74, 6) is -1.65. The Morgan fingerprint density at radius 2 is 1.41 bits per heavy atom. The van der Waals surface area contributed by atoms with E-state index in [-0.39, 0.29) is 34.3 Å². The lowest BCUT2D eigenvalue weighted by Crippen LogP contribution is -2.12. The molecule has 10 nitrogen and oxygen atoms in total. The van der Waals surface area contributed by atoms with Crippen LogP contribution in [0.3, 0.4) is 0 Å². The molecular weight excluding hydrogens is 628 g/mol. The predicted molar refractivity (Wildman–Crippen MR) is 184 cm³/mol. The third-order valence-corrected chi connectivity index (χ3v) is 7.25. The van der Waals surface area contributed by atoms with Crippen LogP contribution in [0, 0.1) is 0 Å². The van der Waals surface area contributed by atoms with Crippen LogP contribution in [0.5, 0.6) is 23.0 Å². The first-order valence-electron chi connectivity index (χ1n) is 15.7. The van der Waals surface area contributed by atoms with Crippen molar-refractivity contribution < 1.29 is 47.6 Å². The number of rotatable bonds is 16. The average Bonchev–Trinajstić information content (AvgIpc) is 3.12. The van der Waals surface area contributed by atoms with Crippen LogP contribution in [0.4, 0.5) is 0 Å². The summed E-state index contributed by atoms with van der Waals surface area (Å²) in [6.07, 6.45) is 6.08. The normalized spacial score (nSPS) is 10.8. The van der Waals surface area contributed by atoms with E-state index in [1.54, 1.807) is 55.5 Å². The van der Waals surface area contributed by atoms with E-state index in [1.165, 1.54) is 38.5 Å². The van der Waals surface area contributed by atoms with Gasteiger partial charge in [0.05, 0.1) is 38.6 Å². The van der Waals surface area contributed by atoms with Gasteiger partial charge in [-0.25, -0.2) is 19.2 Å². The van der Waals surface area contributed by atoms with Gasteiger partial charge in [0.15, 0.2) is 11.5 Å². The standard InChI is InChI=1S/C39H38O10/c1-26(2)37(41)47-23-11-6-5-10-22-46-32-19-16-29-24-31(15-14-30(29)25-32)39(43)48-33-20-17-27(18-21-34(40)44-3)35(36(33)45-4)49-38(42)28-12-8-7-9-13-28/h7-9,12-21,24-25H,1,5-6,10-11,22-23H2,2-4H3. The highest BCUT2D eigenvalue weighted by Gasteiger charge is 2.22. The largest absolute Gasteiger partial charge is 0.494 e. The van der Waals surface area contributed by atoms with Crippen molar-refractivity contribution in [1.29, 1.82) is 0 Å². The average molecular weight is 667 g/mol. The van der Waals surface area contributed by atoms with Crippen LogP contribution in [0.1, 0.15) is 58.9 Å².